The molecule has 0 bridgehead atoms. The number of aromatic nitrogens is 3. The van der Waals surface area contributed by atoms with Crippen LogP contribution in [0.4, 0.5) is 10.3 Å². The second-order valence-electron chi connectivity index (χ2n) is 5.55. The van der Waals surface area contributed by atoms with E-state index in [9.17, 15) is 4.39 Å². The van der Waals surface area contributed by atoms with Crippen LogP contribution in [0.3, 0.4) is 0 Å². The van der Waals surface area contributed by atoms with Gasteiger partial charge in [-0.2, -0.15) is 10.1 Å². The summed E-state index contributed by atoms with van der Waals surface area (Å²) < 4.78 is 15.0. The lowest BCUT2D eigenvalue weighted by atomic mass is 9.93. The monoisotopic (exact) mass is 328 g/mol. The number of rotatable bonds is 2. The lowest BCUT2D eigenvalue weighted by molar-refractivity contribution is 0.430. The minimum absolute atomic E-state index is 0.0162. The summed E-state index contributed by atoms with van der Waals surface area (Å²) in [6.45, 7) is 0. The van der Waals surface area contributed by atoms with Crippen molar-refractivity contribution in [1.82, 2.24) is 14.8 Å². The van der Waals surface area contributed by atoms with E-state index in [-0.39, 0.29) is 17.9 Å². The van der Waals surface area contributed by atoms with Crippen LogP contribution in [0.5, 0.6) is 0 Å². The average Bonchev–Trinajstić information content (AvgIpc) is 3.04. The first-order valence-corrected chi connectivity index (χ1v) is 7.76. The molecule has 3 aromatic rings. The van der Waals surface area contributed by atoms with Crippen LogP contribution in [-0.4, -0.2) is 14.8 Å². The highest BCUT2D eigenvalue weighted by molar-refractivity contribution is 6.31. The maximum absolute atomic E-state index is 13.2. The highest BCUT2D eigenvalue weighted by Gasteiger charge is 2.30. The molecular formula is C17H14ClFN4. The van der Waals surface area contributed by atoms with E-state index in [1.807, 2.05) is 28.9 Å². The number of benzene rings is 2. The fourth-order valence-corrected chi connectivity index (χ4v) is 3.30. The van der Waals surface area contributed by atoms with Gasteiger partial charge >= 0.3 is 0 Å². The van der Waals surface area contributed by atoms with E-state index in [1.165, 1.54) is 18.5 Å². The average molecular weight is 329 g/mol. The third-order valence-corrected chi connectivity index (χ3v) is 4.51. The smallest absolute Gasteiger partial charge is 0.222 e. The standard InChI is InChI=1S/C17H14ClFN4/c18-14-4-2-1-3-13(14)16-9-15(11-5-7-12(19)8-6-11)22-17-20-10-21-23(16)17/h1-8,10,15-16H,9H2,(H,20,21,22). The first-order chi connectivity index (χ1) is 11.2. The van der Waals surface area contributed by atoms with Gasteiger partial charge in [0.15, 0.2) is 0 Å². The number of hydrogen-bond donors (Lipinski definition) is 1. The van der Waals surface area contributed by atoms with Gasteiger partial charge in [0.2, 0.25) is 5.95 Å². The maximum atomic E-state index is 13.2. The summed E-state index contributed by atoms with van der Waals surface area (Å²) in [5, 5.41) is 8.39. The molecule has 0 aliphatic carbocycles. The molecular weight excluding hydrogens is 315 g/mol. The third-order valence-electron chi connectivity index (χ3n) is 4.17. The summed E-state index contributed by atoms with van der Waals surface area (Å²) >= 11 is 6.37. The fraction of sp³-hybridized carbons (Fsp3) is 0.176. The van der Waals surface area contributed by atoms with Crippen molar-refractivity contribution in [2.75, 3.05) is 5.32 Å². The predicted molar refractivity (Wildman–Crippen MR) is 87.0 cm³/mol. The van der Waals surface area contributed by atoms with Gasteiger partial charge in [-0.05, 0) is 35.7 Å². The molecule has 0 saturated heterocycles. The van der Waals surface area contributed by atoms with Crippen molar-refractivity contribution < 1.29 is 4.39 Å². The van der Waals surface area contributed by atoms with Crippen LogP contribution < -0.4 is 5.32 Å². The van der Waals surface area contributed by atoms with E-state index in [1.54, 1.807) is 12.1 Å². The number of anilines is 1. The Hall–Kier alpha value is -2.40. The molecule has 1 aromatic heterocycles. The molecule has 4 rings (SSSR count). The highest BCUT2D eigenvalue weighted by Crippen LogP contribution is 2.39. The Balaban J connectivity index is 1.75. The van der Waals surface area contributed by atoms with Crippen molar-refractivity contribution in [3.63, 3.8) is 0 Å². The predicted octanol–water partition coefficient (Wildman–Crippen LogP) is 4.22. The van der Waals surface area contributed by atoms with Gasteiger partial charge in [-0.1, -0.05) is 41.9 Å². The van der Waals surface area contributed by atoms with Crippen molar-refractivity contribution in [3.8, 4) is 0 Å². The van der Waals surface area contributed by atoms with Gasteiger partial charge < -0.3 is 5.32 Å². The zero-order valence-electron chi connectivity index (χ0n) is 12.2. The van der Waals surface area contributed by atoms with Crippen LogP contribution in [0, 0.1) is 5.82 Å². The number of hydrogen-bond acceptors (Lipinski definition) is 3. The molecule has 0 saturated carbocycles. The molecule has 1 aliphatic rings. The Morgan fingerprint density at radius 1 is 1.13 bits per heavy atom. The van der Waals surface area contributed by atoms with E-state index in [4.69, 9.17) is 11.6 Å². The first kappa shape index (κ1) is 14.2. The number of halogens is 2. The van der Waals surface area contributed by atoms with Crippen LogP contribution in [0.2, 0.25) is 5.02 Å². The highest BCUT2D eigenvalue weighted by atomic mass is 35.5. The molecule has 0 amide bonds. The molecule has 116 valence electrons. The lowest BCUT2D eigenvalue weighted by Crippen LogP contribution is -2.28. The van der Waals surface area contributed by atoms with E-state index in [0.29, 0.717) is 11.0 Å². The minimum Gasteiger partial charge on any atom is -0.348 e. The maximum Gasteiger partial charge on any atom is 0.222 e. The summed E-state index contributed by atoms with van der Waals surface area (Å²) in [5.41, 5.74) is 2.02. The fourth-order valence-electron chi connectivity index (χ4n) is 3.04. The van der Waals surface area contributed by atoms with Gasteiger partial charge in [0.05, 0.1) is 12.1 Å². The van der Waals surface area contributed by atoms with Crippen molar-refractivity contribution in [2.45, 2.75) is 18.5 Å². The molecule has 1 aliphatic heterocycles. The SMILES string of the molecule is Fc1ccc(C2CC(c3ccccc3Cl)n3ncnc3N2)cc1. The summed E-state index contributed by atoms with van der Waals surface area (Å²) in [6, 6.07) is 14.3. The van der Waals surface area contributed by atoms with E-state index in [2.05, 4.69) is 15.4 Å². The number of fused-ring (bicyclic) bond motifs is 1. The topological polar surface area (TPSA) is 42.7 Å². The number of nitrogens with one attached hydrogen (secondary N) is 1. The summed E-state index contributed by atoms with van der Waals surface area (Å²) in [7, 11) is 0. The summed E-state index contributed by atoms with van der Waals surface area (Å²) in [4.78, 5) is 4.28. The van der Waals surface area contributed by atoms with Crippen molar-refractivity contribution in [3.05, 3.63) is 76.8 Å². The van der Waals surface area contributed by atoms with Crippen LogP contribution in [0.25, 0.3) is 0 Å². The van der Waals surface area contributed by atoms with Crippen molar-refractivity contribution in [2.24, 2.45) is 0 Å². The molecule has 2 atom stereocenters. The zero-order valence-corrected chi connectivity index (χ0v) is 12.9. The van der Waals surface area contributed by atoms with E-state index >= 15 is 0 Å². The van der Waals surface area contributed by atoms with Gasteiger partial charge in [-0.3, -0.25) is 0 Å². The Labute approximate surface area is 137 Å². The molecule has 2 aromatic carbocycles. The molecule has 0 spiro atoms. The van der Waals surface area contributed by atoms with Gasteiger partial charge in [-0.15, -0.1) is 0 Å². The summed E-state index contributed by atoms with van der Waals surface area (Å²) in [5.74, 6) is 0.450. The van der Waals surface area contributed by atoms with Crippen LogP contribution in [0.15, 0.2) is 54.9 Å². The Morgan fingerprint density at radius 2 is 1.91 bits per heavy atom. The molecule has 2 unspecified atom stereocenters. The quantitative estimate of drug-likeness (QED) is 0.766. The largest absolute Gasteiger partial charge is 0.348 e. The van der Waals surface area contributed by atoms with Gasteiger partial charge in [-0.25, -0.2) is 9.07 Å². The molecule has 23 heavy (non-hydrogen) atoms. The Morgan fingerprint density at radius 3 is 2.70 bits per heavy atom. The second kappa shape index (κ2) is 5.66. The van der Waals surface area contributed by atoms with Gasteiger partial charge in [0.1, 0.15) is 12.1 Å². The Kier molecular flexibility index (Phi) is 3.50. The van der Waals surface area contributed by atoms with Crippen LogP contribution in [-0.2, 0) is 0 Å². The summed E-state index contributed by atoms with van der Waals surface area (Å²) in [6.07, 6.45) is 2.28. The second-order valence-corrected chi connectivity index (χ2v) is 5.96. The first-order valence-electron chi connectivity index (χ1n) is 7.38. The third kappa shape index (κ3) is 2.57. The molecule has 4 nitrogen and oxygen atoms in total. The number of nitrogens with zero attached hydrogens (tertiary/aromatic N) is 3. The van der Waals surface area contributed by atoms with Crippen LogP contribution >= 0.6 is 11.6 Å². The van der Waals surface area contributed by atoms with Crippen LogP contribution in [0.1, 0.15) is 29.6 Å². The minimum atomic E-state index is -0.240. The van der Waals surface area contributed by atoms with E-state index < -0.39 is 0 Å². The van der Waals surface area contributed by atoms with E-state index in [0.717, 1.165) is 17.5 Å². The molecule has 2 heterocycles. The Bertz CT molecular complexity index is 831. The molecule has 0 radical (unpaired) electrons. The molecule has 1 N–H and O–H groups in total. The lowest BCUT2D eigenvalue weighted by Gasteiger charge is -2.32. The normalized spacial score (nSPS) is 19.9. The zero-order chi connectivity index (χ0) is 15.8. The molecule has 0 fully saturated rings. The van der Waals surface area contributed by atoms with Gasteiger partial charge in [0.25, 0.3) is 0 Å². The van der Waals surface area contributed by atoms with Crippen molar-refractivity contribution >= 4 is 17.5 Å². The van der Waals surface area contributed by atoms with Crippen molar-refractivity contribution in [1.29, 1.82) is 0 Å². The molecule has 6 heteroatoms. The van der Waals surface area contributed by atoms with Gasteiger partial charge in [0, 0.05) is 5.02 Å².